The molecule has 0 radical (unpaired) electrons. The molecule has 0 N–H and O–H groups in total. The fraction of sp³-hybridized carbons (Fsp3) is 0.500. The SMILES string of the molecule is COc1ncc(F)c(N2CC(CN=[N+]=[N-])CC2=O)n1. The number of anilines is 1. The van der Waals surface area contributed by atoms with Gasteiger partial charge in [-0.25, -0.2) is 9.37 Å². The molecule has 0 spiro atoms. The van der Waals surface area contributed by atoms with E-state index in [2.05, 4.69) is 20.0 Å². The maximum absolute atomic E-state index is 13.7. The van der Waals surface area contributed by atoms with Crippen molar-refractivity contribution in [2.75, 3.05) is 25.1 Å². The second-order valence-corrected chi connectivity index (χ2v) is 4.02. The first-order chi connectivity index (χ1) is 9.15. The molecule has 0 saturated carbocycles. The largest absolute Gasteiger partial charge is 0.467 e. The predicted octanol–water partition coefficient (Wildman–Crippen LogP) is 1.29. The first kappa shape index (κ1) is 13.0. The molecule has 0 bridgehead atoms. The Kier molecular flexibility index (Phi) is 3.76. The molecule has 1 amide bonds. The Labute approximate surface area is 107 Å². The number of halogens is 1. The zero-order chi connectivity index (χ0) is 13.8. The van der Waals surface area contributed by atoms with Gasteiger partial charge in [0.25, 0.3) is 0 Å². The summed E-state index contributed by atoms with van der Waals surface area (Å²) in [5.41, 5.74) is 8.25. The van der Waals surface area contributed by atoms with Crippen LogP contribution in [0.15, 0.2) is 11.3 Å². The molecule has 19 heavy (non-hydrogen) atoms. The van der Waals surface area contributed by atoms with Crippen molar-refractivity contribution in [1.29, 1.82) is 0 Å². The van der Waals surface area contributed by atoms with Crippen LogP contribution < -0.4 is 9.64 Å². The lowest BCUT2D eigenvalue weighted by atomic mass is 10.1. The van der Waals surface area contributed by atoms with E-state index < -0.39 is 5.82 Å². The van der Waals surface area contributed by atoms with Crippen molar-refractivity contribution in [1.82, 2.24) is 9.97 Å². The van der Waals surface area contributed by atoms with Gasteiger partial charge in [-0.2, -0.15) is 4.98 Å². The van der Waals surface area contributed by atoms with E-state index in [-0.39, 0.29) is 43.2 Å². The van der Waals surface area contributed by atoms with E-state index in [0.29, 0.717) is 0 Å². The molecular weight excluding hydrogens is 255 g/mol. The second kappa shape index (κ2) is 5.49. The summed E-state index contributed by atoms with van der Waals surface area (Å²) in [5.74, 6) is -1.21. The van der Waals surface area contributed by atoms with Gasteiger partial charge in [-0.1, -0.05) is 5.11 Å². The zero-order valence-electron chi connectivity index (χ0n) is 10.2. The molecule has 8 nitrogen and oxygen atoms in total. The minimum atomic E-state index is -0.696. The summed E-state index contributed by atoms with van der Waals surface area (Å²) in [6.07, 6.45) is 1.15. The van der Waals surface area contributed by atoms with E-state index in [1.54, 1.807) is 0 Å². The Hall–Kier alpha value is -2.41. The fourth-order valence-corrected chi connectivity index (χ4v) is 1.89. The lowest BCUT2D eigenvalue weighted by molar-refractivity contribution is -0.117. The minimum Gasteiger partial charge on any atom is -0.467 e. The third-order valence-corrected chi connectivity index (χ3v) is 2.75. The van der Waals surface area contributed by atoms with Crippen molar-refractivity contribution in [2.24, 2.45) is 11.0 Å². The number of aromatic nitrogens is 2. The highest BCUT2D eigenvalue weighted by atomic mass is 19.1. The number of hydrogen-bond acceptors (Lipinski definition) is 5. The van der Waals surface area contributed by atoms with Gasteiger partial charge in [0.05, 0.1) is 13.3 Å². The summed E-state index contributed by atoms with van der Waals surface area (Å²) in [7, 11) is 1.35. The van der Waals surface area contributed by atoms with Crippen LogP contribution in [-0.2, 0) is 4.79 Å². The van der Waals surface area contributed by atoms with Crippen LogP contribution in [0.1, 0.15) is 6.42 Å². The highest BCUT2D eigenvalue weighted by molar-refractivity contribution is 5.94. The van der Waals surface area contributed by atoms with Gasteiger partial charge in [-0.05, 0) is 11.4 Å². The Bertz CT molecular complexity index is 545. The maximum atomic E-state index is 13.7. The van der Waals surface area contributed by atoms with Crippen molar-refractivity contribution in [2.45, 2.75) is 6.42 Å². The molecule has 1 unspecified atom stereocenters. The summed E-state index contributed by atoms with van der Waals surface area (Å²) < 4.78 is 18.5. The van der Waals surface area contributed by atoms with Crippen molar-refractivity contribution >= 4 is 11.7 Å². The summed E-state index contributed by atoms with van der Waals surface area (Å²) in [6.45, 7) is 0.456. The molecule has 1 fully saturated rings. The molecule has 1 aliphatic rings. The van der Waals surface area contributed by atoms with Gasteiger partial charge in [0.15, 0.2) is 11.6 Å². The number of nitrogens with zero attached hydrogens (tertiary/aromatic N) is 6. The Morgan fingerprint density at radius 3 is 3.21 bits per heavy atom. The third kappa shape index (κ3) is 2.71. The number of ether oxygens (including phenoxy) is 1. The first-order valence-corrected chi connectivity index (χ1v) is 5.53. The van der Waals surface area contributed by atoms with E-state index in [0.717, 1.165) is 6.20 Å². The smallest absolute Gasteiger partial charge is 0.318 e. The highest BCUT2D eigenvalue weighted by Crippen LogP contribution is 2.26. The topological polar surface area (TPSA) is 104 Å². The monoisotopic (exact) mass is 266 g/mol. The molecule has 1 saturated heterocycles. The number of carbonyl (C=O) groups is 1. The lowest BCUT2D eigenvalue weighted by Crippen LogP contribution is -2.27. The van der Waals surface area contributed by atoms with Crippen LogP contribution in [0.5, 0.6) is 6.01 Å². The van der Waals surface area contributed by atoms with Gasteiger partial charge in [0.2, 0.25) is 5.91 Å². The Morgan fingerprint density at radius 1 is 1.74 bits per heavy atom. The second-order valence-electron chi connectivity index (χ2n) is 4.02. The zero-order valence-corrected chi connectivity index (χ0v) is 10.2. The number of hydrogen-bond donors (Lipinski definition) is 0. The number of amides is 1. The van der Waals surface area contributed by atoms with E-state index in [4.69, 9.17) is 10.3 Å². The molecule has 0 aromatic carbocycles. The van der Waals surface area contributed by atoms with Crippen LogP contribution >= 0.6 is 0 Å². The van der Waals surface area contributed by atoms with Crippen LogP contribution in [0.25, 0.3) is 10.4 Å². The van der Waals surface area contributed by atoms with Gasteiger partial charge >= 0.3 is 6.01 Å². The average Bonchev–Trinajstić information content (AvgIpc) is 2.78. The Balaban J connectivity index is 2.22. The van der Waals surface area contributed by atoms with E-state index in [9.17, 15) is 9.18 Å². The number of azide groups is 1. The van der Waals surface area contributed by atoms with Crippen LogP contribution in [0, 0.1) is 11.7 Å². The summed E-state index contributed by atoms with van der Waals surface area (Å²) in [6, 6.07) is -0.0114. The predicted molar refractivity (Wildman–Crippen MR) is 63.0 cm³/mol. The summed E-state index contributed by atoms with van der Waals surface area (Å²) >= 11 is 0. The molecule has 1 aromatic heterocycles. The fourth-order valence-electron chi connectivity index (χ4n) is 1.89. The number of methoxy groups -OCH3 is 1. The first-order valence-electron chi connectivity index (χ1n) is 5.53. The molecule has 1 aliphatic heterocycles. The van der Waals surface area contributed by atoms with Gasteiger partial charge in [-0.15, -0.1) is 0 Å². The quantitative estimate of drug-likeness (QED) is 0.465. The van der Waals surface area contributed by atoms with Gasteiger partial charge in [-0.3, -0.25) is 9.69 Å². The van der Waals surface area contributed by atoms with Gasteiger partial charge < -0.3 is 4.74 Å². The van der Waals surface area contributed by atoms with Crippen LogP contribution in [0.3, 0.4) is 0 Å². The molecule has 9 heteroatoms. The van der Waals surface area contributed by atoms with Crippen molar-refractivity contribution in [3.8, 4) is 6.01 Å². The molecular formula is C10H11FN6O2. The molecule has 1 aromatic rings. The average molecular weight is 266 g/mol. The van der Waals surface area contributed by atoms with E-state index in [1.807, 2.05) is 0 Å². The molecule has 0 aliphatic carbocycles. The normalized spacial score (nSPS) is 18.3. The highest BCUT2D eigenvalue weighted by Gasteiger charge is 2.32. The molecule has 2 rings (SSSR count). The number of carbonyl (C=O) groups excluding carboxylic acids is 1. The molecule has 100 valence electrons. The van der Waals surface area contributed by atoms with Crippen molar-refractivity contribution in [3.05, 3.63) is 22.5 Å². The summed E-state index contributed by atoms with van der Waals surface area (Å²) in [5, 5.41) is 3.42. The van der Waals surface area contributed by atoms with Crippen LogP contribution in [0.2, 0.25) is 0 Å². The number of rotatable bonds is 4. The Morgan fingerprint density at radius 2 is 2.53 bits per heavy atom. The standard InChI is InChI=1S/C10H11FN6O2/c1-19-10-13-4-7(11)9(15-10)17-5-6(2-8(17)18)3-14-16-12/h4,6H,2-3,5H2,1H3. The van der Waals surface area contributed by atoms with Gasteiger partial charge in [0.1, 0.15) is 0 Å². The molecule has 1 atom stereocenters. The molecule has 2 heterocycles. The van der Waals surface area contributed by atoms with E-state index in [1.165, 1.54) is 12.0 Å². The third-order valence-electron chi connectivity index (χ3n) is 2.75. The van der Waals surface area contributed by atoms with Gasteiger partial charge in [0, 0.05) is 24.4 Å². The lowest BCUT2D eigenvalue weighted by Gasteiger charge is -2.16. The maximum Gasteiger partial charge on any atom is 0.318 e. The van der Waals surface area contributed by atoms with Crippen LogP contribution in [0.4, 0.5) is 10.2 Å². The summed E-state index contributed by atoms with van der Waals surface area (Å²) in [4.78, 5) is 23.1. The van der Waals surface area contributed by atoms with Crippen LogP contribution in [-0.4, -0.2) is 36.1 Å². The van der Waals surface area contributed by atoms with E-state index >= 15 is 0 Å². The minimum absolute atomic E-state index is 0.0114. The van der Waals surface area contributed by atoms with Crippen molar-refractivity contribution < 1.29 is 13.9 Å². The van der Waals surface area contributed by atoms with Crippen molar-refractivity contribution in [3.63, 3.8) is 0 Å².